The van der Waals surface area contributed by atoms with E-state index < -0.39 is 0 Å². The number of nitrogens with zero attached hydrogens (tertiary/aromatic N) is 3. The van der Waals surface area contributed by atoms with E-state index in [1.807, 2.05) is 6.20 Å². The highest BCUT2D eigenvalue weighted by molar-refractivity contribution is 4.95. The lowest BCUT2D eigenvalue weighted by atomic mass is 10.1. The van der Waals surface area contributed by atoms with E-state index in [1.165, 1.54) is 5.82 Å². The second-order valence-corrected chi connectivity index (χ2v) is 6.51. The third-order valence-electron chi connectivity index (χ3n) is 3.37. The van der Waals surface area contributed by atoms with Gasteiger partial charge >= 0.3 is 0 Å². The zero-order chi connectivity index (χ0) is 13.2. The summed E-state index contributed by atoms with van der Waals surface area (Å²) in [7, 11) is 0. The Morgan fingerprint density at radius 3 is 2.89 bits per heavy atom. The molecule has 0 fully saturated rings. The summed E-state index contributed by atoms with van der Waals surface area (Å²) >= 11 is 0. The second-order valence-electron chi connectivity index (χ2n) is 6.51. The molecule has 0 saturated heterocycles. The van der Waals surface area contributed by atoms with Crippen molar-refractivity contribution < 1.29 is 0 Å². The van der Waals surface area contributed by atoms with E-state index >= 15 is 0 Å². The summed E-state index contributed by atoms with van der Waals surface area (Å²) in [4.78, 5) is 6.92. The molecule has 18 heavy (non-hydrogen) atoms. The van der Waals surface area contributed by atoms with E-state index in [2.05, 4.69) is 53.7 Å². The predicted molar refractivity (Wildman–Crippen MR) is 74.4 cm³/mol. The van der Waals surface area contributed by atoms with Crippen LogP contribution < -0.4 is 5.32 Å². The second kappa shape index (κ2) is 5.41. The summed E-state index contributed by atoms with van der Waals surface area (Å²) in [6.07, 6.45) is 3.99. The Bertz CT molecular complexity index is 377. The molecular weight excluding hydrogens is 224 g/mol. The van der Waals surface area contributed by atoms with Gasteiger partial charge in [-0.15, -0.1) is 0 Å². The van der Waals surface area contributed by atoms with Crippen LogP contribution in [0.1, 0.15) is 33.5 Å². The number of nitrogens with one attached hydrogen (secondary N) is 1. The van der Waals surface area contributed by atoms with Crippen LogP contribution in [0.5, 0.6) is 0 Å². The fourth-order valence-electron chi connectivity index (χ4n) is 2.37. The molecule has 1 aliphatic heterocycles. The van der Waals surface area contributed by atoms with Crippen molar-refractivity contribution in [1.82, 2.24) is 19.8 Å². The topological polar surface area (TPSA) is 33.1 Å². The van der Waals surface area contributed by atoms with Crippen molar-refractivity contribution in [3.63, 3.8) is 0 Å². The first-order valence-electron chi connectivity index (χ1n) is 6.91. The van der Waals surface area contributed by atoms with Gasteiger partial charge < -0.3 is 9.88 Å². The van der Waals surface area contributed by atoms with Crippen molar-refractivity contribution in [1.29, 1.82) is 0 Å². The molecule has 1 unspecified atom stereocenters. The third-order valence-corrected chi connectivity index (χ3v) is 3.37. The zero-order valence-corrected chi connectivity index (χ0v) is 12.1. The Morgan fingerprint density at radius 1 is 1.39 bits per heavy atom. The molecule has 0 amide bonds. The van der Waals surface area contributed by atoms with Crippen LogP contribution >= 0.6 is 0 Å². The van der Waals surface area contributed by atoms with Gasteiger partial charge in [-0.1, -0.05) is 6.92 Å². The molecule has 1 aromatic rings. The van der Waals surface area contributed by atoms with Crippen molar-refractivity contribution in [2.45, 2.75) is 46.3 Å². The largest absolute Gasteiger partial charge is 0.333 e. The molecule has 1 N–H and O–H groups in total. The van der Waals surface area contributed by atoms with Gasteiger partial charge in [-0.05, 0) is 33.2 Å². The number of rotatable bonds is 4. The van der Waals surface area contributed by atoms with Crippen LogP contribution in [0.15, 0.2) is 12.4 Å². The van der Waals surface area contributed by atoms with Crippen LogP contribution in [0.2, 0.25) is 0 Å². The van der Waals surface area contributed by atoms with Crippen molar-refractivity contribution in [2.24, 2.45) is 5.92 Å². The number of hydrogen-bond acceptors (Lipinski definition) is 3. The number of fused-ring (bicyclic) bond motifs is 1. The molecular formula is C14H26N4. The summed E-state index contributed by atoms with van der Waals surface area (Å²) in [5, 5.41) is 3.58. The molecule has 2 rings (SSSR count). The van der Waals surface area contributed by atoms with E-state index in [4.69, 9.17) is 0 Å². The van der Waals surface area contributed by atoms with E-state index in [-0.39, 0.29) is 5.54 Å². The summed E-state index contributed by atoms with van der Waals surface area (Å²) in [6, 6.07) is 0. The summed E-state index contributed by atoms with van der Waals surface area (Å²) in [5.41, 5.74) is 0.215. The molecule has 0 spiro atoms. The van der Waals surface area contributed by atoms with Gasteiger partial charge in [0.05, 0.1) is 6.54 Å². The molecule has 0 aromatic carbocycles. The lowest BCUT2D eigenvalue weighted by Crippen LogP contribution is -2.43. The monoisotopic (exact) mass is 250 g/mol. The van der Waals surface area contributed by atoms with Crippen LogP contribution in [0.4, 0.5) is 0 Å². The minimum atomic E-state index is 0.215. The molecule has 4 heteroatoms. The first kappa shape index (κ1) is 13.6. The van der Waals surface area contributed by atoms with Crippen LogP contribution in [0, 0.1) is 5.92 Å². The Kier molecular flexibility index (Phi) is 4.07. The Morgan fingerprint density at radius 2 is 2.17 bits per heavy atom. The van der Waals surface area contributed by atoms with E-state index in [0.29, 0.717) is 5.92 Å². The minimum absolute atomic E-state index is 0.215. The highest BCUT2D eigenvalue weighted by atomic mass is 15.2. The smallest absolute Gasteiger partial charge is 0.122 e. The van der Waals surface area contributed by atoms with Crippen molar-refractivity contribution in [2.75, 3.05) is 19.6 Å². The van der Waals surface area contributed by atoms with Crippen LogP contribution in [-0.2, 0) is 13.1 Å². The Balaban J connectivity index is 1.77. The summed E-state index contributed by atoms with van der Waals surface area (Å²) in [6.45, 7) is 14.4. The molecule has 0 radical (unpaired) electrons. The first-order valence-corrected chi connectivity index (χ1v) is 6.91. The lowest BCUT2D eigenvalue weighted by Gasteiger charge is -2.31. The number of aromatic nitrogens is 2. The van der Waals surface area contributed by atoms with Crippen LogP contribution in [0.3, 0.4) is 0 Å². The van der Waals surface area contributed by atoms with Gasteiger partial charge in [0, 0.05) is 37.6 Å². The molecule has 0 bridgehead atoms. The molecule has 102 valence electrons. The van der Waals surface area contributed by atoms with E-state index in [1.54, 1.807) is 0 Å². The van der Waals surface area contributed by atoms with Gasteiger partial charge in [0.15, 0.2) is 0 Å². The zero-order valence-electron chi connectivity index (χ0n) is 12.1. The highest BCUT2D eigenvalue weighted by Crippen LogP contribution is 2.12. The quantitative estimate of drug-likeness (QED) is 0.883. The van der Waals surface area contributed by atoms with Crippen molar-refractivity contribution in [3.8, 4) is 0 Å². The number of hydrogen-bond donors (Lipinski definition) is 1. The fraction of sp³-hybridized carbons (Fsp3) is 0.786. The Labute approximate surface area is 110 Å². The van der Waals surface area contributed by atoms with E-state index in [9.17, 15) is 0 Å². The van der Waals surface area contributed by atoms with Gasteiger partial charge in [0.25, 0.3) is 0 Å². The molecule has 0 saturated carbocycles. The average molecular weight is 250 g/mol. The molecule has 1 aromatic heterocycles. The van der Waals surface area contributed by atoms with Gasteiger partial charge in [-0.25, -0.2) is 4.98 Å². The maximum absolute atomic E-state index is 4.41. The van der Waals surface area contributed by atoms with Crippen LogP contribution in [0.25, 0.3) is 0 Å². The molecule has 2 heterocycles. The van der Waals surface area contributed by atoms with Crippen molar-refractivity contribution >= 4 is 0 Å². The minimum Gasteiger partial charge on any atom is -0.333 e. The SMILES string of the molecule is CC(CNC(C)(C)C)CN1CCn2ccnc2C1. The summed E-state index contributed by atoms with van der Waals surface area (Å²) < 4.78 is 2.26. The molecule has 1 aliphatic rings. The average Bonchev–Trinajstić information content (AvgIpc) is 2.72. The Hall–Kier alpha value is -0.870. The summed E-state index contributed by atoms with van der Waals surface area (Å²) in [5.74, 6) is 1.88. The number of imidazole rings is 1. The fourth-order valence-corrected chi connectivity index (χ4v) is 2.37. The highest BCUT2D eigenvalue weighted by Gasteiger charge is 2.19. The van der Waals surface area contributed by atoms with Gasteiger partial charge in [-0.3, -0.25) is 4.90 Å². The molecule has 0 aliphatic carbocycles. The maximum Gasteiger partial charge on any atom is 0.122 e. The normalized spacial score (nSPS) is 18.7. The molecule has 1 atom stereocenters. The first-order chi connectivity index (χ1) is 8.44. The maximum atomic E-state index is 4.41. The third kappa shape index (κ3) is 3.82. The standard InChI is InChI=1S/C14H26N4/c1-12(9-16-14(2,3)4)10-17-7-8-18-6-5-15-13(18)11-17/h5-6,12,16H,7-11H2,1-4H3. The van der Waals surface area contributed by atoms with Gasteiger partial charge in [0.1, 0.15) is 5.82 Å². The predicted octanol–water partition coefficient (Wildman–Crippen LogP) is 1.72. The van der Waals surface area contributed by atoms with Gasteiger partial charge in [-0.2, -0.15) is 0 Å². The lowest BCUT2D eigenvalue weighted by molar-refractivity contribution is 0.184. The van der Waals surface area contributed by atoms with Gasteiger partial charge in [0.2, 0.25) is 0 Å². The van der Waals surface area contributed by atoms with Crippen LogP contribution in [-0.4, -0.2) is 39.6 Å². The van der Waals surface area contributed by atoms with Crippen molar-refractivity contribution in [3.05, 3.63) is 18.2 Å². The van der Waals surface area contributed by atoms with E-state index in [0.717, 1.165) is 32.7 Å². The molecule has 4 nitrogen and oxygen atoms in total.